The molecule has 1 fully saturated rings. The Bertz CT molecular complexity index is 428. The number of rotatable bonds is 1. The fourth-order valence-corrected chi connectivity index (χ4v) is 2.25. The maximum atomic E-state index is 11.7. The molecule has 2 rings (SSSR count). The molecular weight excluding hydrogens is 250 g/mol. The van der Waals surface area contributed by atoms with Crippen LogP contribution in [-0.4, -0.2) is 34.3 Å². The molecule has 0 bridgehead atoms. The third-order valence-corrected chi connectivity index (χ3v) is 3.22. The Kier molecular flexibility index (Phi) is 4.67. The molecule has 1 saturated heterocycles. The monoisotopic (exact) mass is 263 g/mol. The summed E-state index contributed by atoms with van der Waals surface area (Å²) in [5, 5.41) is 14.1. The molecule has 5 nitrogen and oxygen atoms in total. The number of aliphatic hydroxyl groups excluding tert-OH is 1. The molecule has 0 saturated carbocycles. The molecule has 2 heterocycles. The van der Waals surface area contributed by atoms with Gasteiger partial charge in [0.05, 0.1) is 12.1 Å². The number of halogens is 1. The number of aryl methyl sites for hydroxylation is 1. The molecule has 0 unspecified atom stereocenters. The molecule has 90 valence electrons. The van der Waals surface area contributed by atoms with Crippen LogP contribution in [0.2, 0.25) is 0 Å². The third kappa shape index (κ3) is 2.91. The summed E-state index contributed by atoms with van der Waals surface area (Å²) in [6, 6.07) is -0.331. The fraction of sp³-hybridized carbons (Fsp3) is 0.556. The number of β-amino-alcohol motifs (C(OH)–C–C–N with tert-alkyl or cyclic N) is 1. The molecule has 0 aliphatic carbocycles. The van der Waals surface area contributed by atoms with E-state index in [0.29, 0.717) is 17.8 Å². The summed E-state index contributed by atoms with van der Waals surface area (Å²) in [6.07, 6.45) is 1.89. The predicted molar refractivity (Wildman–Crippen MR) is 63.5 cm³/mol. The van der Waals surface area contributed by atoms with Gasteiger partial charge in [-0.15, -0.1) is 23.7 Å². The number of aliphatic hydroxyl groups is 1. The second kappa shape index (κ2) is 5.58. The van der Waals surface area contributed by atoms with Gasteiger partial charge < -0.3 is 15.0 Å². The predicted octanol–water partition coefficient (Wildman–Crippen LogP) is -0.342. The summed E-state index contributed by atoms with van der Waals surface area (Å²) >= 11 is 1.42. The maximum Gasteiger partial charge on any atom is 0.265 e. The molecular formula is C9H14ClN3O2S. The summed E-state index contributed by atoms with van der Waals surface area (Å²) in [7, 11) is 1.85. The van der Waals surface area contributed by atoms with Crippen LogP contribution in [0.1, 0.15) is 6.42 Å². The Morgan fingerprint density at radius 2 is 2.50 bits per heavy atom. The minimum absolute atomic E-state index is 0. The first-order valence-corrected chi connectivity index (χ1v) is 5.65. The molecule has 0 radical (unpaired) electrons. The van der Waals surface area contributed by atoms with E-state index in [0.717, 1.165) is 0 Å². The Morgan fingerprint density at radius 3 is 3.00 bits per heavy atom. The zero-order chi connectivity index (χ0) is 10.8. The average molecular weight is 264 g/mol. The van der Waals surface area contributed by atoms with Crippen LogP contribution in [-0.2, 0) is 11.8 Å². The van der Waals surface area contributed by atoms with Crippen molar-refractivity contribution in [3.63, 3.8) is 0 Å². The van der Waals surface area contributed by atoms with Gasteiger partial charge >= 0.3 is 0 Å². The number of nitrogens with one attached hydrogen (secondary N) is 1. The average Bonchev–Trinajstić information content (AvgIpc) is 2.77. The maximum absolute atomic E-state index is 11.7. The van der Waals surface area contributed by atoms with Crippen LogP contribution in [0.25, 0.3) is 0 Å². The molecule has 2 atom stereocenters. The van der Waals surface area contributed by atoms with Gasteiger partial charge in [-0.1, -0.05) is 0 Å². The Hall–Kier alpha value is -0.690. The number of hydrogen-bond donors (Lipinski definition) is 2. The van der Waals surface area contributed by atoms with Crippen molar-refractivity contribution < 1.29 is 9.90 Å². The zero-order valence-electron chi connectivity index (χ0n) is 8.79. The van der Waals surface area contributed by atoms with Gasteiger partial charge in [0.15, 0.2) is 4.80 Å². The number of carbonyl (C=O) groups is 1. The molecule has 16 heavy (non-hydrogen) atoms. The van der Waals surface area contributed by atoms with Crippen molar-refractivity contribution in [2.75, 3.05) is 6.54 Å². The summed E-state index contributed by atoms with van der Waals surface area (Å²) < 4.78 is 1.80. The summed E-state index contributed by atoms with van der Waals surface area (Å²) in [5.41, 5.74) is 0. The molecule has 0 spiro atoms. The van der Waals surface area contributed by atoms with E-state index in [2.05, 4.69) is 10.3 Å². The second-order valence-corrected chi connectivity index (χ2v) is 4.47. The van der Waals surface area contributed by atoms with Crippen molar-refractivity contribution >= 4 is 29.7 Å². The number of aromatic nitrogens is 1. The molecule has 1 aromatic heterocycles. The van der Waals surface area contributed by atoms with E-state index < -0.39 is 6.10 Å². The van der Waals surface area contributed by atoms with Crippen molar-refractivity contribution in [1.82, 2.24) is 9.88 Å². The first-order valence-electron chi connectivity index (χ1n) is 4.77. The lowest BCUT2D eigenvalue weighted by Gasteiger charge is -2.02. The number of hydrogen-bond acceptors (Lipinski definition) is 4. The van der Waals surface area contributed by atoms with Crippen LogP contribution >= 0.6 is 23.7 Å². The van der Waals surface area contributed by atoms with Gasteiger partial charge in [-0.2, -0.15) is 4.99 Å². The van der Waals surface area contributed by atoms with E-state index in [1.54, 1.807) is 4.57 Å². The van der Waals surface area contributed by atoms with E-state index in [-0.39, 0.29) is 24.4 Å². The number of nitrogens with zero attached hydrogens (tertiary/aromatic N) is 2. The highest BCUT2D eigenvalue weighted by Gasteiger charge is 2.27. The second-order valence-electron chi connectivity index (χ2n) is 3.60. The topological polar surface area (TPSA) is 66.6 Å². The number of carbonyl (C=O) groups excluding carboxylic acids is 1. The molecule has 7 heteroatoms. The van der Waals surface area contributed by atoms with E-state index in [9.17, 15) is 9.90 Å². The lowest BCUT2D eigenvalue weighted by Crippen LogP contribution is -2.31. The fourth-order valence-electron chi connectivity index (χ4n) is 1.51. The van der Waals surface area contributed by atoms with Crippen molar-refractivity contribution in [2.24, 2.45) is 12.0 Å². The Balaban J connectivity index is 0.00000128. The molecule has 1 aliphatic rings. The van der Waals surface area contributed by atoms with Crippen molar-refractivity contribution in [3.8, 4) is 0 Å². The zero-order valence-corrected chi connectivity index (χ0v) is 10.4. The van der Waals surface area contributed by atoms with Gasteiger partial charge in [0.25, 0.3) is 5.91 Å². The largest absolute Gasteiger partial charge is 0.392 e. The lowest BCUT2D eigenvalue weighted by molar-refractivity contribution is -0.119. The standard InChI is InChI=1S/C9H13N3O2S.ClH/c1-12-2-3-15-9(12)11-8(14)7-4-6(13)5-10-7;/h2-3,6-7,10,13H,4-5H2,1H3;1H/t6-,7-;/m1./s1. The van der Waals surface area contributed by atoms with E-state index in [1.807, 2.05) is 18.6 Å². The molecule has 2 N–H and O–H groups in total. The molecule has 1 aromatic rings. The Morgan fingerprint density at radius 1 is 1.75 bits per heavy atom. The summed E-state index contributed by atoms with van der Waals surface area (Å²) in [5.74, 6) is -0.204. The van der Waals surface area contributed by atoms with Gasteiger partial charge in [-0.3, -0.25) is 4.79 Å². The van der Waals surface area contributed by atoms with Crippen LogP contribution in [0.5, 0.6) is 0 Å². The number of amides is 1. The minimum Gasteiger partial charge on any atom is -0.392 e. The molecule has 1 amide bonds. The quantitative estimate of drug-likeness (QED) is 0.729. The number of thiazole rings is 1. The van der Waals surface area contributed by atoms with Gasteiger partial charge in [0.1, 0.15) is 0 Å². The van der Waals surface area contributed by atoms with Crippen LogP contribution in [0.4, 0.5) is 0 Å². The van der Waals surface area contributed by atoms with Gasteiger partial charge in [0.2, 0.25) is 0 Å². The normalized spacial score (nSPS) is 25.5. The first-order chi connectivity index (χ1) is 7.16. The smallest absolute Gasteiger partial charge is 0.265 e. The van der Waals surface area contributed by atoms with Crippen LogP contribution < -0.4 is 10.1 Å². The van der Waals surface area contributed by atoms with Crippen molar-refractivity contribution in [3.05, 3.63) is 16.4 Å². The van der Waals surface area contributed by atoms with E-state index >= 15 is 0 Å². The summed E-state index contributed by atoms with van der Waals surface area (Å²) in [6.45, 7) is 0.475. The Labute approximate surface area is 103 Å². The van der Waals surface area contributed by atoms with E-state index in [1.165, 1.54) is 11.3 Å². The third-order valence-electron chi connectivity index (χ3n) is 2.37. The van der Waals surface area contributed by atoms with E-state index in [4.69, 9.17) is 0 Å². The minimum atomic E-state index is -0.425. The lowest BCUT2D eigenvalue weighted by atomic mass is 10.2. The van der Waals surface area contributed by atoms with Gasteiger partial charge in [-0.25, -0.2) is 0 Å². The van der Waals surface area contributed by atoms with Crippen molar-refractivity contribution in [2.45, 2.75) is 18.6 Å². The highest BCUT2D eigenvalue weighted by molar-refractivity contribution is 7.07. The first kappa shape index (κ1) is 13.4. The van der Waals surface area contributed by atoms with Crippen molar-refractivity contribution in [1.29, 1.82) is 0 Å². The highest BCUT2D eigenvalue weighted by Crippen LogP contribution is 2.07. The van der Waals surface area contributed by atoms with Crippen LogP contribution in [0, 0.1) is 0 Å². The SMILES string of the molecule is Cl.Cn1ccsc1=NC(=O)[C@H]1C[C@@H](O)CN1. The van der Waals surface area contributed by atoms with Gasteiger partial charge in [0, 0.05) is 25.2 Å². The van der Waals surface area contributed by atoms with Crippen LogP contribution in [0.15, 0.2) is 16.6 Å². The van der Waals surface area contributed by atoms with Gasteiger partial charge in [-0.05, 0) is 6.42 Å². The molecule has 0 aromatic carbocycles. The van der Waals surface area contributed by atoms with Crippen LogP contribution in [0.3, 0.4) is 0 Å². The highest BCUT2D eigenvalue weighted by atomic mass is 35.5. The molecule has 1 aliphatic heterocycles. The summed E-state index contributed by atoms with van der Waals surface area (Å²) in [4.78, 5) is 16.4.